The molecule has 97 heavy (non-hydrogen) atoms. The Hall–Kier alpha value is -5.27. The Kier molecular flexibility index (Phi) is 52.1. The first-order valence-corrected chi connectivity index (χ1v) is 30.2. The molecule has 26 heteroatoms. The minimum absolute atomic E-state index is 0. The molecule has 1 fully saturated rings. The van der Waals surface area contributed by atoms with E-state index in [4.69, 9.17) is 73.3 Å². The number of carboxylic acids is 1. The van der Waals surface area contributed by atoms with Gasteiger partial charge in [0.2, 0.25) is 12.2 Å². The van der Waals surface area contributed by atoms with Crippen molar-refractivity contribution < 1.29 is 172 Å². The second-order valence-electron chi connectivity index (χ2n) is 18.8. The van der Waals surface area contributed by atoms with Gasteiger partial charge in [-0.05, 0) is 94.3 Å². The fourth-order valence-electron chi connectivity index (χ4n) is 8.26. The molecule has 9 aromatic rings. The van der Waals surface area contributed by atoms with Gasteiger partial charge in [0.1, 0.15) is 22.1 Å². The van der Waals surface area contributed by atoms with Crippen LogP contribution in [0, 0.1) is 0 Å². The van der Waals surface area contributed by atoms with Crippen molar-refractivity contribution in [1.29, 1.82) is 0 Å². The molecule has 4 heterocycles. The van der Waals surface area contributed by atoms with E-state index < -0.39 is 24.1 Å². The summed E-state index contributed by atoms with van der Waals surface area (Å²) in [6.07, 6.45) is 11.2. The Morgan fingerprint density at radius 2 is 1.00 bits per heavy atom. The molecule has 518 valence electrons. The number of phenolic OH excluding ortho intramolecular Hbond substituents is 1. The number of alkyl halides is 1. The summed E-state index contributed by atoms with van der Waals surface area (Å²) in [5.41, 5.74) is 6.93. The van der Waals surface area contributed by atoms with Crippen molar-refractivity contribution in [3.63, 3.8) is 0 Å². The molecule has 20 nitrogen and oxygen atoms in total. The molecule has 4 unspecified atom stereocenters. The molecule has 6 aromatic carbocycles. The van der Waals surface area contributed by atoms with Crippen LogP contribution < -0.4 is 118 Å². The molecule has 0 spiro atoms. The standard InChI is InChI=1S/C20H19ClN2O3.C19H17ClN2O3.C11H11ClN2O.C10H11BrO2.C5H10O2.CH2O3.5CH4.2K.H/c1-3-23-13-15(12-22-23)17-11-16(21)9-10-18(17)26-19(20(24)25-2)14-7-5-4-6-8-14;1-2-22-12-14(11-21-22)16-10-15(20)8-9-17(16)25-18(19(23)24)13-6-4-3-5-7-13;1-2-14-7-8(6-13-14)10-5-9(12)3-4-11(10)15;1-2-13-10(12)9(11)8-6-4-3-5-7-8;1-6-5-3-2-4-7-5;2-1-4-3;;;;;;;;/h4-13,19H,3H2,1-2H3;3-12,18H,2H2,1H3,(H,23,24);3-7,15H,2H2,1H3;3-7,9H,2H2,1H3;5H,2-4H2,1H3;1,3H;5*1H4;;;/q;;;;;;;;;;;2*+1;-1/p-1. The van der Waals surface area contributed by atoms with Crippen LogP contribution in [0.3, 0.4) is 0 Å². The maximum absolute atomic E-state index is 12.3. The normalized spacial score (nSPS) is 12.0. The first-order chi connectivity index (χ1) is 43.5. The number of aryl methyl sites for hydroxylation is 3. The number of methoxy groups -OCH3 is 2. The number of hydrogen-bond acceptors (Lipinski definition) is 16. The minimum Gasteiger partial charge on any atom is -1.00 e. The van der Waals surface area contributed by atoms with Crippen molar-refractivity contribution in [2.24, 2.45) is 0 Å². The van der Waals surface area contributed by atoms with E-state index in [0.29, 0.717) is 55.4 Å². The molecule has 0 aliphatic carbocycles. The number of carboxylic acid groups (broad SMARTS) is 1. The molecule has 10 rings (SSSR count). The van der Waals surface area contributed by atoms with Gasteiger partial charge in [-0.1, -0.05) is 179 Å². The van der Waals surface area contributed by atoms with E-state index in [1.807, 2.05) is 111 Å². The number of carbonyl (C=O) groups excluding carboxylic acids is 3. The summed E-state index contributed by atoms with van der Waals surface area (Å²) >= 11 is 21.4. The number of aromatic hydroxyl groups is 1. The molecular formula is C71H90BrCl3K2N6O14. The van der Waals surface area contributed by atoms with E-state index in [1.54, 1.807) is 121 Å². The molecule has 0 saturated carbocycles. The summed E-state index contributed by atoms with van der Waals surface area (Å²) in [6.45, 7) is 11.2. The first-order valence-electron chi connectivity index (χ1n) is 28.1. The molecule has 2 N–H and O–H groups in total. The number of esters is 2. The van der Waals surface area contributed by atoms with Crippen LogP contribution in [-0.2, 0) is 62.6 Å². The summed E-state index contributed by atoms with van der Waals surface area (Å²) in [5, 5.41) is 42.1. The van der Waals surface area contributed by atoms with Crippen molar-refractivity contribution in [1.82, 2.24) is 29.3 Å². The SMILES string of the molecule is C.C.C.C.C.CCOC(=O)C(Br)c1ccccc1.CCn1cc(-c2cc(Cl)ccc2O)cn1.CCn1cc(-c2cc(Cl)ccc2OC(C(=O)O)c2ccccc2)cn1.CCn1cc(-c2cc(Cl)ccc2OC(C(=O)OC)c2ccccc2)cn1.COC1CCCO1.O=CO[O-].[H-].[K+].[K+]. The molecule has 3 aromatic heterocycles. The third-order valence-corrected chi connectivity index (χ3v) is 14.4. The van der Waals surface area contributed by atoms with Crippen molar-refractivity contribution >= 4 is 75.1 Å². The van der Waals surface area contributed by atoms with E-state index in [9.17, 15) is 24.6 Å². The van der Waals surface area contributed by atoms with Crippen LogP contribution in [0.15, 0.2) is 183 Å². The third-order valence-electron chi connectivity index (χ3n) is 12.8. The summed E-state index contributed by atoms with van der Waals surface area (Å²) < 4.78 is 37.1. The maximum atomic E-state index is 12.3. The molecule has 1 aliphatic heterocycles. The molecule has 0 bridgehead atoms. The van der Waals surface area contributed by atoms with Gasteiger partial charge in [-0.3, -0.25) is 23.6 Å². The zero-order valence-corrected chi connectivity index (χ0v) is 62.2. The number of nitrogens with zero attached hydrogens (tertiary/aromatic N) is 6. The van der Waals surface area contributed by atoms with Crippen molar-refractivity contribution in [3.8, 4) is 50.6 Å². The molecule has 1 saturated heterocycles. The molecule has 4 atom stereocenters. The zero-order chi connectivity index (χ0) is 65.4. The second-order valence-corrected chi connectivity index (χ2v) is 21.0. The number of halogens is 4. The fraction of sp³-hybridized carbons (Fsp3) is 0.310. The topological polar surface area (TPSA) is 250 Å². The number of benzene rings is 6. The Balaban J connectivity index is -0.000000570. The molecule has 0 radical (unpaired) electrons. The Morgan fingerprint density at radius 1 is 0.619 bits per heavy atom. The monoisotopic (exact) mass is 1510 g/mol. The van der Waals surface area contributed by atoms with Gasteiger partial charge >= 0.3 is 121 Å². The smallest absolute Gasteiger partial charge is 1.00 e. The van der Waals surface area contributed by atoms with Gasteiger partial charge in [0.15, 0.2) is 6.29 Å². The number of aromatic nitrogens is 6. The first kappa shape index (κ1) is 95.9. The number of phenols is 1. The van der Waals surface area contributed by atoms with Gasteiger partial charge in [0.25, 0.3) is 6.47 Å². The van der Waals surface area contributed by atoms with E-state index in [-0.39, 0.29) is 171 Å². The molecule has 1 aliphatic rings. The fourth-order valence-corrected chi connectivity index (χ4v) is 9.22. The van der Waals surface area contributed by atoms with Gasteiger partial charge < -0.3 is 50.2 Å². The van der Waals surface area contributed by atoms with Crippen molar-refractivity contribution in [2.45, 2.75) is 121 Å². The number of hydrogen-bond donors (Lipinski definition) is 2. The quantitative estimate of drug-likeness (QED) is 0.0191. The van der Waals surface area contributed by atoms with E-state index in [1.165, 1.54) is 7.11 Å². The maximum Gasteiger partial charge on any atom is 1.00 e. The predicted octanol–water partition coefficient (Wildman–Crippen LogP) is 11.1. The summed E-state index contributed by atoms with van der Waals surface area (Å²) in [4.78, 5) is 46.2. The number of rotatable bonds is 19. The number of carbonyl (C=O) groups is 4. The average Bonchev–Trinajstić information content (AvgIpc) is 1.50. The number of aliphatic carboxylic acids is 1. The van der Waals surface area contributed by atoms with Gasteiger partial charge in [0, 0.05) is 118 Å². The van der Waals surface area contributed by atoms with Crippen molar-refractivity contribution in [2.75, 3.05) is 27.4 Å². The van der Waals surface area contributed by atoms with Gasteiger partial charge in [-0.15, -0.1) is 0 Å². The van der Waals surface area contributed by atoms with Gasteiger partial charge in [-0.2, -0.15) is 15.3 Å². The van der Waals surface area contributed by atoms with Crippen LogP contribution >= 0.6 is 50.7 Å². The largest absolute Gasteiger partial charge is 1.00 e. The summed E-state index contributed by atoms with van der Waals surface area (Å²) in [6, 6.07) is 42.9. The van der Waals surface area contributed by atoms with Crippen LogP contribution in [0.4, 0.5) is 0 Å². The van der Waals surface area contributed by atoms with E-state index in [2.05, 4.69) is 36.1 Å². The Morgan fingerprint density at radius 3 is 1.34 bits per heavy atom. The van der Waals surface area contributed by atoms with Gasteiger partial charge in [-0.25, -0.2) is 9.59 Å². The molecular weight excluding hydrogens is 1430 g/mol. The van der Waals surface area contributed by atoms with Crippen LogP contribution in [0.2, 0.25) is 15.1 Å². The van der Waals surface area contributed by atoms with Gasteiger partial charge in [0.05, 0.1) is 32.3 Å². The van der Waals surface area contributed by atoms with Crippen LogP contribution in [-0.4, -0.2) is 97.7 Å². The van der Waals surface area contributed by atoms with Crippen LogP contribution in [0.5, 0.6) is 17.2 Å². The predicted molar refractivity (Wildman–Crippen MR) is 379 cm³/mol. The third kappa shape index (κ3) is 31.9. The van der Waals surface area contributed by atoms with E-state index >= 15 is 0 Å². The molecule has 0 amide bonds. The second kappa shape index (κ2) is 52.7. The van der Waals surface area contributed by atoms with Crippen LogP contribution in [0.1, 0.15) is 113 Å². The summed E-state index contributed by atoms with van der Waals surface area (Å²) in [5.74, 6) is -0.581. The minimum atomic E-state index is -1.11. The Bertz CT molecular complexity index is 3630. The van der Waals surface area contributed by atoms with E-state index in [0.717, 1.165) is 66.9 Å². The zero-order valence-electron chi connectivity index (χ0n) is 53.1. The Labute approximate surface area is 681 Å². The average molecular weight is 1520 g/mol. The van der Waals surface area contributed by atoms with Crippen LogP contribution in [0.25, 0.3) is 33.4 Å². The number of ether oxygens (including phenoxy) is 6. The summed E-state index contributed by atoms with van der Waals surface area (Å²) in [7, 11) is 3.02. The van der Waals surface area contributed by atoms with Crippen molar-refractivity contribution in [3.05, 3.63) is 215 Å².